The average molecular weight is 377 g/mol. The molecule has 7 heteroatoms. The Bertz CT molecular complexity index is 887. The largest absolute Gasteiger partial charge is 0.391 e. The van der Waals surface area contributed by atoms with Crippen LogP contribution >= 0.6 is 0 Å². The van der Waals surface area contributed by atoms with E-state index in [2.05, 4.69) is 20.9 Å². The van der Waals surface area contributed by atoms with Gasteiger partial charge in [0.15, 0.2) is 0 Å². The van der Waals surface area contributed by atoms with E-state index in [0.717, 1.165) is 31.7 Å². The highest BCUT2D eigenvalue weighted by Crippen LogP contribution is 2.41. The van der Waals surface area contributed by atoms with Crippen LogP contribution in [0.3, 0.4) is 0 Å². The van der Waals surface area contributed by atoms with Gasteiger partial charge in [0.25, 0.3) is 5.91 Å². The summed E-state index contributed by atoms with van der Waals surface area (Å²) in [5.74, 6) is 0.741. The molecule has 7 nitrogen and oxygen atoms in total. The monoisotopic (exact) mass is 377 g/mol. The summed E-state index contributed by atoms with van der Waals surface area (Å²) in [5, 5.41) is 19.5. The van der Waals surface area contributed by atoms with E-state index >= 15 is 0 Å². The Labute approximate surface area is 164 Å². The molecule has 28 heavy (non-hydrogen) atoms. The molecule has 0 radical (unpaired) electrons. The quantitative estimate of drug-likeness (QED) is 0.858. The summed E-state index contributed by atoms with van der Waals surface area (Å²) in [6.45, 7) is 2.61. The number of piperidine rings is 2. The molecule has 0 saturated carbocycles. The van der Waals surface area contributed by atoms with Crippen molar-refractivity contribution in [3.05, 3.63) is 54.0 Å². The van der Waals surface area contributed by atoms with Crippen molar-refractivity contribution in [2.45, 2.75) is 25.4 Å². The second-order valence-electron chi connectivity index (χ2n) is 7.77. The molecule has 0 aromatic carbocycles. The lowest BCUT2D eigenvalue weighted by Crippen LogP contribution is -2.55. The topological polar surface area (TPSA) is 93.4 Å². The summed E-state index contributed by atoms with van der Waals surface area (Å²) < 4.78 is 0. The molecule has 1 amide bonds. The molecule has 144 valence electrons. The molecular formula is C21H23N5O2. The Morgan fingerprint density at radius 3 is 2.79 bits per heavy atom. The molecular weight excluding hydrogens is 354 g/mol. The van der Waals surface area contributed by atoms with Gasteiger partial charge in [0.1, 0.15) is 17.6 Å². The predicted octanol–water partition coefficient (Wildman–Crippen LogP) is 1.84. The van der Waals surface area contributed by atoms with Crippen LogP contribution in [0.25, 0.3) is 0 Å². The lowest BCUT2D eigenvalue weighted by molar-refractivity contribution is -0.0150. The first-order valence-electron chi connectivity index (χ1n) is 9.58. The van der Waals surface area contributed by atoms with Crippen LogP contribution in [0.15, 0.2) is 42.7 Å². The second-order valence-corrected chi connectivity index (χ2v) is 7.77. The minimum atomic E-state index is -0.513. The van der Waals surface area contributed by atoms with Crippen molar-refractivity contribution in [2.75, 3.05) is 31.1 Å². The lowest BCUT2D eigenvalue weighted by atomic mass is 9.71. The summed E-state index contributed by atoms with van der Waals surface area (Å²) in [6, 6.07) is 11.1. The molecule has 2 aliphatic rings. The number of rotatable bonds is 2. The minimum absolute atomic E-state index is 0.0722. The van der Waals surface area contributed by atoms with E-state index in [1.54, 1.807) is 35.5 Å². The van der Waals surface area contributed by atoms with Gasteiger partial charge in [-0.1, -0.05) is 6.07 Å². The molecule has 4 rings (SSSR count). The van der Waals surface area contributed by atoms with Gasteiger partial charge in [0.2, 0.25) is 0 Å². The molecule has 1 spiro atoms. The van der Waals surface area contributed by atoms with E-state index in [9.17, 15) is 9.90 Å². The number of aliphatic hydroxyl groups excluding tert-OH is 1. The number of carbonyl (C=O) groups is 1. The van der Waals surface area contributed by atoms with Gasteiger partial charge in [-0.3, -0.25) is 9.78 Å². The zero-order valence-corrected chi connectivity index (χ0v) is 15.7. The van der Waals surface area contributed by atoms with Crippen molar-refractivity contribution in [3.8, 4) is 6.07 Å². The Kier molecular flexibility index (Phi) is 4.97. The Hall–Kier alpha value is -2.98. The average Bonchev–Trinajstić information content (AvgIpc) is 2.74. The number of pyridine rings is 2. The summed E-state index contributed by atoms with van der Waals surface area (Å²) in [7, 11) is 0. The third-order valence-corrected chi connectivity index (χ3v) is 5.82. The number of aromatic nitrogens is 2. The van der Waals surface area contributed by atoms with Crippen molar-refractivity contribution in [1.82, 2.24) is 14.9 Å². The number of amides is 1. The highest BCUT2D eigenvalue weighted by molar-refractivity contribution is 5.94. The molecule has 2 aromatic heterocycles. The molecule has 1 unspecified atom stereocenters. The van der Waals surface area contributed by atoms with Gasteiger partial charge in [0, 0.05) is 38.6 Å². The first-order valence-corrected chi connectivity index (χ1v) is 9.58. The number of nitrogens with zero attached hydrogens (tertiary/aromatic N) is 5. The molecule has 2 aromatic rings. The second kappa shape index (κ2) is 7.56. The maximum atomic E-state index is 12.9. The van der Waals surface area contributed by atoms with E-state index in [4.69, 9.17) is 5.26 Å². The summed E-state index contributed by atoms with van der Waals surface area (Å²) >= 11 is 0. The molecule has 2 aliphatic heterocycles. The summed E-state index contributed by atoms with van der Waals surface area (Å²) in [5.41, 5.74) is 0.889. The standard InChI is InChI=1S/C21H23N5O2/c22-12-17-4-1-5-19(24-17)25-9-6-21(7-10-25)11-18(27)14-26(15-21)20(28)16-3-2-8-23-13-16/h1-5,8,13,18,27H,6-7,9-11,14-15H2. The Morgan fingerprint density at radius 1 is 1.25 bits per heavy atom. The van der Waals surface area contributed by atoms with Crippen molar-refractivity contribution >= 4 is 11.7 Å². The third-order valence-electron chi connectivity index (χ3n) is 5.82. The van der Waals surface area contributed by atoms with Gasteiger partial charge < -0.3 is 14.9 Å². The van der Waals surface area contributed by atoms with E-state index in [1.807, 2.05) is 12.1 Å². The number of likely N-dealkylation sites (tertiary alicyclic amines) is 1. The van der Waals surface area contributed by atoms with Gasteiger partial charge in [0.05, 0.1) is 11.7 Å². The van der Waals surface area contributed by atoms with Crippen LogP contribution in [0.4, 0.5) is 5.82 Å². The van der Waals surface area contributed by atoms with Crippen LogP contribution in [-0.4, -0.2) is 58.2 Å². The Morgan fingerprint density at radius 2 is 2.07 bits per heavy atom. The molecule has 4 heterocycles. The van der Waals surface area contributed by atoms with E-state index in [0.29, 0.717) is 30.8 Å². The summed E-state index contributed by atoms with van der Waals surface area (Å²) in [4.78, 5) is 25.2. The van der Waals surface area contributed by atoms with Gasteiger partial charge in [-0.25, -0.2) is 4.98 Å². The highest BCUT2D eigenvalue weighted by Gasteiger charge is 2.43. The zero-order chi connectivity index (χ0) is 19.6. The lowest BCUT2D eigenvalue weighted by Gasteiger charge is -2.49. The fourth-order valence-corrected chi connectivity index (χ4v) is 4.41. The molecule has 0 aliphatic carbocycles. The highest BCUT2D eigenvalue weighted by atomic mass is 16.3. The number of carbonyl (C=O) groups excluding carboxylic acids is 1. The van der Waals surface area contributed by atoms with Crippen molar-refractivity contribution in [2.24, 2.45) is 5.41 Å². The number of hydrogen-bond donors (Lipinski definition) is 1. The molecule has 0 bridgehead atoms. The molecule has 2 saturated heterocycles. The van der Waals surface area contributed by atoms with Crippen molar-refractivity contribution < 1.29 is 9.90 Å². The molecule has 1 N–H and O–H groups in total. The normalized spacial score (nSPS) is 21.4. The van der Waals surface area contributed by atoms with Crippen molar-refractivity contribution in [3.63, 3.8) is 0 Å². The SMILES string of the molecule is N#Cc1cccc(N2CCC3(CC2)CC(O)CN(C(=O)c2cccnc2)C3)n1. The minimum Gasteiger partial charge on any atom is -0.391 e. The van der Waals surface area contributed by atoms with Gasteiger partial charge in [-0.15, -0.1) is 0 Å². The smallest absolute Gasteiger partial charge is 0.255 e. The maximum absolute atomic E-state index is 12.9. The number of nitriles is 1. The van der Waals surface area contributed by atoms with Crippen LogP contribution < -0.4 is 4.90 Å². The zero-order valence-electron chi connectivity index (χ0n) is 15.7. The van der Waals surface area contributed by atoms with Crippen LogP contribution in [-0.2, 0) is 0 Å². The van der Waals surface area contributed by atoms with Crippen molar-refractivity contribution in [1.29, 1.82) is 5.26 Å². The van der Waals surface area contributed by atoms with Crippen LogP contribution in [0, 0.1) is 16.7 Å². The fourth-order valence-electron chi connectivity index (χ4n) is 4.41. The van der Waals surface area contributed by atoms with Crippen LogP contribution in [0.5, 0.6) is 0 Å². The first-order chi connectivity index (χ1) is 13.6. The molecule has 2 fully saturated rings. The van der Waals surface area contributed by atoms with Gasteiger partial charge in [-0.2, -0.15) is 5.26 Å². The van der Waals surface area contributed by atoms with E-state index < -0.39 is 6.10 Å². The predicted molar refractivity (Wildman–Crippen MR) is 104 cm³/mol. The maximum Gasteiger partial charge on any atom is 0.255 e. The van der Waals surface area contributed by atoms with Gasteiger partial charge >= 0.3 is 0 Å². The fraction of sp³-hybridized carbons (Fsp3) is 0.429. The van der Waals surface area contributed by atoms with E-state index in [1.165, 1.54) is 0 Å². The summed E-state index contributed by atoms with van der Waals surface area (Å²) in [6.07, 6.45) is 5.17. The van der Waals surface area contributed by atoms with E-state index in [-0.39, 0.29) is 11.3 Å². The molecule has 1 atom stereocenters. The third kappa shape index (κ3) is 3.69. The van der Waals surface area contributed by atoms with Crippen LogP contribution in [0.1, 0.15) is 35.3 Å². The number of aliphatic hydroxyl groups is 1. The number of hydrogen-bond acceptors (Lipinski definition) is 6. The Balaban J connectivity index is 1.46. The first kappa shape index (κ1) is 18.4. The van der Waals surface area contributed by atoms with Crippen LogP contribution in [0.2, 0.25) is 0 Å². The van der Waals surface area contributed by atoms with Gasteiger partial charge in [-0.05, 0) is 48.9 Å². The number of anilines is 1. The number of β-amino-alcohol motifs (C(OH)–C–C–N with tert-alkyl or cyclic N) is 1.